The van der Waals surface area contributed by atoms with E-state index in [1.807, 2.05) is 0 Å². The van der Waals surface area contributed by atoms with Crippen LogP contribution in [0.2, 0.25) is 0 Å². The van der Waals surface area contributed by atoms with E-state index in [0.29, 0.717) is 25.9 Å². The van der Waals surface area contributed by atoms with E-state index in [2.05, 4.69) is 5.32 Å². The van der Waals surface area contributed by atoms with E-state index in [1.165, 1.54) is 9.47 Å². The Morgan fingerprint density at radius 1 is 1.28 bits per heavy atom. The Kier molecular flexibility index (Phi) is 6.68. The lowest BCUT2D eigenvalue weighted by Crippen LogP contribution is -2.49. The third-order valence-corrected chi connectivity index (χ3v) is 7.32. The minimum Gasteiger partial charge on any atom is -0.477 e. The third kappa shape index (κ3) is 5.11. The van der Waals surface area contributed by atoms with E-state index in [0.717, 1.165) is 12.3 Å². The van der Waals surface area contributed by atoms with Gasteiger partial charge in [-0.3, -0.25) is 4.79 Å². The molecule has 2 saturated heterocycles. The molecular weight excluding hydrogens is 523 g/mol. The van der Waals surface area contributed by atoms with Gasteiger partial charge in [0.1, 0.15) is 22.5 Å². The molecule has 1 aromatic carbocycles. The minimum atomic E-state index is -3.34. The average molecular weight is 554 g/mol. The summed E-state index contributed by atoms with van der Waals surface area (Å²) in [4.78, 5) is 38.5. The molecule has 1 aliphatic carbocycles. The number of ether oxygens (including phenoxy) is 3. The molecule has 2 atom stereocenters. The molecule has 0 bridgehead atoms. The lowest BCUT2D eigenvalue weighted by atomic mass is 9.91. The number of fused-ring (bicyclic) bond motifs is 2. The Hall–Kier alpha value is -3.48. The lowest BCUT2D eigenvalue weighted by Gasteiger charge is -2.30. The molecule has 39 heavy (non-hydrogen) atoms. The quantitative estimate of drug-likeness (QED) is 0.530. The maximum atomic E-state index is 15.8. The number of anilines is 1. The molecule has 0 unspecified atom stereocenters. The third-order valence-electron chi connectivity index (χ3n) is 7.32. The number of nitrogens with one attached hydrogen (secondary N) is 1. The molecule has 3 fully saturated rings. The van der Waals surface area contributed by atoms with E-state index in [9.17, 15) is 28.3 Å². The number of aromatic carboxylic acids is 1. The van der Waals surface area contributed by atoms with Gasteiger partial charge in [-0.25, -0.2) is 14.0 Å². The van der Waals surface area contributed by atoms with Crippen LogP contribution >= 0.6 is 0 Å². The molecule has 2 N–H and O–H groups in total. The summed E-state index contributed by atoms with van der Waals surface area (Å²) in [6.45, 7) is 2.58. The molecule has 10 nitrogen and oxygen atoms in total. The van der Waals surface area contributed by atoms with Crippen LogP contribution in [0.5, 0.6) is 5.75 Å². The zero-order chi connectivity index (χ0) is 28.3. The fourth-order valence-electron chi connectivity index (χ4n) is 5.56. The first kappa shape index (κ1) is 27.1. The number of carboxylic acids is 1. The van der Waals surface area contributed by atoms with Gasteiger partial charge in [0.15, 0.2) is 11.6 Å². The Morgan fingerprint density at radius 3 is 2.62 bits per heavy atom. The predicted octanol–water partition coefficient (Wildman–Crippen LogP) is 3.90. The van der Waals surface area contributed by atoms with E-state index in [-0.39, 0.29) is 48.2 Å². The van der Waals surface area contributed by atoms with Crippen LogP contribution in [0.4, 0.5) is 23.7 Å². The van der Waals surface area contributed by atoms with Gasteiger partial charge in [0, 0.05) is 37.9 Å². The normalized spacial score (nSPS) is 22.8. The number of benzene rings is 1. The van der Waals surface area contributed by atoms with Crippen LogP contribution in [-0.2, 0) is 9.47 Å². The molecule has 2 aliphatic heterocycles. The second kappa shape index (κ2) is 9.61. The molecule has 5 rings (SSSR count). The number of carbonyl (C=O) groups is 2. The number of pyridine rings is 1. The summed E-state index contributed by atoms with van der Waals surface area (Å²) in [7, 11) is 0. The summed E-state index contributed by atoms with van der Waals surface area (Å²) in [5.41, 5.74) is -3.56. The zero-order valence-corrected chi connectivity index (χ0v) is 21.8. The molecule has 212 valence electrons. The highest BCUT2D eigenvalue weighted by atomic mass is 19.3. The Labute approximate surface area is 221 Å². The Balaban J connectivity index is 1.58. The SMILES string of the molecule is CC(C)(C)OC(=O)NC[C@]12CN(c3c(F)cc4c(=O)c(C(=O)O)cn(C5CC5)c4c3OC(F)F)C[C@@H]1CCO2. The van der Waals surface area contributed by atoms with E-state index in [1.54, 1.807) is 20.8 Å². The lowest BCUT2D eigenvalue weighted by molar-refractivity contribution is -0.0488. The average Bonchev–Trinajstić information content (AvgIpc) is 3.49. The highest BCUT2D eigenvalue weighted by Gasteiger charge is 2.52. The number of carboxylic acid groups (broad SMARTS) is 1. The van der Waals surface area contributed by atoms with E-state index >= 15 is 4.39 Å². The van der Waals surface area contributed by atoms with Crippen molar-refractivity contribution in [2.45, 2.75) is 63.9 Å². The van der Waals surface area contributed by atoms with Crippen molar-refractivity contribution in [1.29, 1.82) is 0 Å². The van der Waals surface area contributed by atoms with Crippen LogP contribution in [0.25, 0.3) is 10.9 Å². The van der Waals surface area contributed by atoms with Crippen LogP contribution in [-0.4, -0.2) is 65.8 Å². The van der Waals surface area contributed by atoms with E-state index < -0.39 is 52.4 Å². The number of alkyl carbamates (subject to hydrolysis) is 1. The van der Waals surface area contributed by atoms with Crippen molar-refractivity contribution in [1.82, 2.24) is 9.88 Å². The molecular formula is C26H30F3N3O7. The molecule has 3 aliphatic rings. The number of hydrogen-bond acceptors (Lipinski definition) is 7. The second-order valence-electron chi connectivity index (χ2n) is 11.3. The fraction of sp³-hybridized carbons (Fsp3) is 0.577. The molecule has 1 saturated carbocycles. The second-order valence-corrected chi connectivity index (χ2v) is 11.3. The van der Waals surface area contributed by atoms with Crippen molar-refractivity contribution in [3.8, 4) is 5.75 Å². The van der Waals surface area contributed by atoms with Gasteiger partial charge in [0.2, 0.25) is 5.43 Å². The maximum absolute atomic E-state index is 15.8. The Bertz CT molecular complexity index is 1390. The highest BCUT2D eigenvalue weighted by molar-refractivity contribution is 5.97. The van der Waals surface area contributed by atoms with Gasteiger partial charge in [-0.05, 0) is 46.1 Å². The van der Waals surface area contributed by atoms with Gasteiger partial charge in [-0.2, -0.15) is 8.78 Å². The number of nitrogens with zero attached hydrogens (tertiary/aromatic N) is 2. The van der Waals surface area contributed by atoms with E-state index in [4.69, 9.17) is 14.2 Å². The number of rotatable bonds is 7. The van der Waals surface area contributed by atoms with Crippen molar-refractivity contribution in [2.75, 3.05) is 31.1 Å². The van der Waals surface area contributed by atoms with Crippen molar-refractivity contribution < 1.29 is 42.1 Å². The predicted molar refractivity (Wildman–Crippen MR) is 133 cm³/mol. The van der Waals surface area contributed by atoms with Crippen LogP contribution in [0.1, 0.15) is 56.4 Å². The van der Waals surface area contributed by atoms with Gasteiger partial charge in [0.05, 0.1) is 17.4 Å². The minimum absolute atomic E-state index is 0.0519. The first-order valence-electron chi connectivity index (χ1n) is 12.7. The van der Waals surface area contributed by atoms with Crippen molar-refractivity contribution >= 4 is 28.7 Å². The summed E-state index contributed by atoms with van der Waals surface area (Å²) in [6.07, 6.45) is 2.33. The molecule has 1 aromatic heterocycles. The smallest absolute Gasteiger partial charge is 0.407 e. The summed E-state index contributed by atoms with van der Waals surface area (Å²) < 4.78 is 60.8. The van der Waals surface area contributed by atoms with Gasteiger partial charge in [-0.1, -0.05) is 0 Å². The van der Waals surface area contributed by atoms with Gasteiger partial charge >= 0.3 is 18.7 Å². The summed E-state index contributed by atoms with van der Waals surface area (Å²) in [6, 6.07) is 0.646. The van der Waals surface area contributed by atoms with Crippen LogP contribution in [0.3, 0.4) is 0 Å². The van der Waals surface area contributed by atoms with Gasteiger partial charge < -0.3 is 34.1 Å². The number of amides is 1. The van der Waals surface area contributed by atoms with Crippen LogP contribution in [0.15, 0.2) is 17.1 Å². The molecule has 0 spiro atoms. The summed E-state index contributed by atoms with van der Waals surface area (Å²) in [5, 5.41) is 11.9. The summed E-state index contributed by atoms with van der Waals surface area (Å²) >= 11 is 0. The first-order chi connectivity index (χ1) is 18.3. The first-order valence-corrected chi connectivity index (χ1v) is 12.7. The molecule has 0 radical (unpaired) electrons. The van der Waals surface area contributed by atoms with Crippen molar-refractivity contribution in [3.63, 3.8) is 0 Å². The number of alkyl halides is 2. The molecule has 13 heteroatoms. The molecule has 3 heterocycles. The fourth-order valence-corrected chi connectivity index (χ4v) is 5.56. The topological polar surface area (TPSA) is 119 Å². The van der Waals surface area contributed by atoms with Crippen molar-refractivity contribution in [3.05, 3.63) is 33.9 Å². The number of carbonyl (C=O) groups excluding carboxylic acids is 1. The standard InChI is InChI=1S/C26H30F3N3O7/c1-25(2,3)39-24(36)30-11-26-12-31(9-13(26)6-7-37-26)19-17(27)8-15-18(21(19)38-23(28)29)32(14-4-5-14)10-16(20(15)33)22(34)35/h8,10,13-14,23H,4-7,9,11-12H2,1-3H3,(H,30,36)(H,34,35)/t13-,26-/m0/s1. The Morgan fingerprint density at radius 2 is 2.00 bits per heavy atom. The number of hydrogen-bond donors (Lipinski definition) is 2. The molecule has 1 amide bonds. The monoisotopic (exact) mass is 553 g/mol. The molecule has 2 aromatic rings. The van der Waals surface area contributed by atoms with Crippen LogP contribution in [0, 0.1) is 11.7 Å². The van der Waals surface area contributed by atoms with Gasteiger partial charge in [-0.15, -0.1) is 0 Å². The highest BCUT2D eigenvalue weighted by Crippen LogP contribution is 2.48. The largest absolute Gasteiger partial charge is 0.477 e. The maximum Gasteiger partial charge on any atom is 0.407 e. The number of halogens is 3. The summed E-state index contributed by atoms with van der Waals surface area (Å²) in [5.74, 6) is -3.20. The van der Waals surface area contributed by atoms with Gasteiger partial charge in [0.25, 0.3) is 0 Å². The van der Waals surface area contributed by atoms with Crippen LogP contribution < -0.4 is 20.4 Å². The number of aromatic nitrogens is 1. The zero-order valence-electron chi connectivity index (χ0n) is 21.8. The van der Waals surface area contributed by atoms with Crippen molar-refractivity contribution in [2.24, 2.45) is 5.92 Å².